The summed E-state index contributed by atoms with van der Waals surface area (Å²) in [6, 6.07) is 5.54. The molecule has 2 aromatic rings. The number of carbonyl (C=O) groups excluding carboxylic acids is 1. The standard InChI is InChI=1S/C13H12F2N2O3/c14-8-3-1-4-9(15)12(8)17-13(19)16-7-10(18)11-5-2-6-20-11/h1-6,10,18H,7H2,(H2,16,17,19). The van der Waals surface area contributed by atoms with Crippen LogP contribution in [-0.2, 0) is 0 Å². The number of hydrogen-bond donors (Lipinski definition) is 3. The van der Waals surface area contributed by atoms with Crippen LogP contribution in [0.25, 0.3) is 0 Å². The van der Waals surface area contributed by atoms with Crippen LogP contribution in [0.2, 0.25) is 0 Å². The maximum Gasteiger partial charge on any atom is 0.319 e. The molecule has 1 aromatic heterocycles. The Hall–Kier alpha value is -2.41. The fourth-order valence-electron chi connectivity index (χ4n) is 1.55. The lowest BCUT2D eigenvalue weighted by atomic mass is 10.3. The number of benzene rings is 1. The first-order chi connectivity index (χ1) is 9.58. The second-order valence-electron chi connectivity index (χ2n) is 3.96. The minimum Gasteiger partial charge on any atom is -0.467 e. The summed E-state index contributed by atoms with van der Waals surface area (Å²) in [5.74, 6) is -1.49. The monoisotopic (exact) mass is 282 g/mol. The Morgan fingerprint density at radius 3 is 2.55 bits per heavy atom. The summed E-state index contributed by atoms with van der Waals surface area (Å²) in [6.45, 7) is -0.157. The molecule has 20 heavy (non-hydrogen) atoms. The van der Waals surface area contributed by atoms with Crippen LogP contribution in [0.5, 0.6) is 0 Å². The van der Waals surface area contributed by atoms with Crippen LogP contribution >= 0.6 is 0 Å². The lowest BCUT2D eigenvalue weighted by Gasteiger charge is -2.11. The van der Waals surface area contributed by atoms with E-state index in [0.29, 0.717) is 0 Å². The van der Waals surface area contributed by atoms with Crippen molar-refractivity contribution < 1.29 is 23.1 Å². The van der Waals surface area contributed by atoms with Gasteiger partial charge < -0.3 is 20.2 Å². The van der Waals surface area contributed by atoms with Crippen molar-refractivity contribution in [2.75, 3.05) is 11.9 Å². The quantitative estimate of drug-likeness (QED) is 0.806. The third-order valence-electron chi connectivity index (χ3n) is 2.53. The molecule has 0 saturated carbocycles. The molecular formula is C13H12F2N2O3. The lowest BCUT2D eigenvalue weighted by molar-refractivity contribution is 0.149. The fourth-order valence-corrected chi connectivity index (χ4v) is 1.55. The number of hydrogen-bond acceptors (Lipinski definition) is 3. The number of aliphatic hydroxyl groups is 1. The fraction of sp³-hybridized carbons (Fsp3) is 0.154. The summed E-state index contributed by atoms with van der Waals surface area (Å²) in [5, 5.41) is 14.0. The van der Waals surface area contributed by atoms with Gasteiger partial charge in [-0.2, -0.15) is 0 Å². The van der Waals surface area contributed by atoms with E-state index in [1.165, 1.54) is 12.3 Å². The zero-order chi connectivity index (χ0) is 14.5. The highest BCUT2D eigenvalue weighted by molar-refractivity contribution is 5.89. The van der Waals surface area contributed by atoms with Crippen LogP contribution in [0, 0.1) is 11.6 Å². The first-order valence-corrected chi connectivity index (χ1v) is 5.78. The number of halogens is 2. The molecule has 0 saturated heterocycles. The summed E-state index contributed by atoms with van der Waals surface area (Å²) in [4.78, 5) is 11.5. The molecule has 2 amide bonds. The van der Waals surface area contributed by atoms with Gasteiger partial charge >= 0.3 is 6.03 Å². The Morgan fingerprint density at radius 1 is 1.25 bits per heavy atom. The number of furan rings is 1. The van der Waals surface area contributed by atoms with Crippen LogP contribution in [0.15, 0.2) is 41.0 Å². The molecule has 1 aromatic carbocycles. The van der Waals surface area contributed by atoms with Crippen molar-refractivity contribution in [2.45, 2.75) is 6.10 Å². The van der Waals surface area contributed by atoms with E-state index in [0.717, 1.165) is 12.1 Å². The molecule has 106 valence electrons. The van der Waals surface area contributed by atoms with Crippen LogP contribution in [0.1, 0.15) is 11.9 Å². The maximum atomic E-state index is 13.3. The van der Waals surface area contributed by atoms with Crippen LogP contribution in [0.3, 0.4) is 0 Å². The van der Waals surface area contributed by atoms with Gasteiger partial charge in [0, 0.05) is 0 Å². The normalized spacial score (nSPS) is 11.9. The number of nitrogens with one attached hydrogen (secondary N) is 2. The SMILES string of the molecule is O=C(NCC(O)c1ccco1)Nc1c(F)cccc1F. The average molecular weight is 282 g/mol. The minimum atomic E-state index is -1.04. The summed E-state index contributed by atoms with van der Waals surface area (Å²) < 4.78 is 31.5. The molecule has 0 fully saturated rings. The molecule has 5 nitrogen and oxygen atoms in total. The lowest BCUT2D eigenvalue weighted by Crippen LogP contribution is -2.32. The largest absolute Gasteiger partial charge is 0.467 e. The van der Waals surface area contributed by atoms with Crippen molar-refractivity contribution in [2.24, 2.45) is 0 Å². The van der Waals surface area contributed by atoms with Gasteiger partial charge in [0.25, 0.3) is 0 Å². The Balaban J connectivity index is 1.90. The zero-order valence-corrected chi connectivity index (χ0v) is 10.3. The van der Waals surface area contributed by atoms with E-state index >= 15 is 0 Å². The van der Waals surface area contributed by atoms with Gasteiger partial charge in [0.05, 0.1) is 12.8 Å². The van der Waals surface area contributed by atoms with Crippen molar-refractivity contribution in [3.8, 4) is 0 Å². The minimum absolute atomic E-state index is 0.157. The van der Waals surface area contributed by atoms with E-state index in [4.69, 9.17) is 4.42 Å². The number of para-hydroxylation sites is 1. The van der Waals surface area contributed by atoms with Crippen LogP contribution < -0.4 is 10.6 Å². The molecule has 2 rings (SSSR count). The van der Waals surface area contributed by atoms with E-state index in [1.54, 1.807) is 12.1 Å². The predicted octanol–water partition coefficient (Wildman–Crippen LogP) is 2.41. The molecule has 0 aliphatic rings. The number of aliphatic hydroxyl groups excluding tert-OH is 1. The maximum absolute atomic E-state index is 13.3. The smallest absolute Gasteiger partial charge is 0.319 e. The first kappa shape index (κ1) is 14.0. The predicted molar refractivity (Wildman–Crippen MR) is 67.0 cm³/mol. The van der Waals surface area contributed by atoms with Gasteiger partial charge in [0.2, 0.25) is 0 Å². The van der Waals surface area contributed by atoms with E-state index in [9.17, 15) is 18.7 Å². The highest BCUT2D eigenvalue weighted by Crippen LogP contribution is 2.17. The van der Waals surface area contributed by atoms with E-state index in [2.05, 4.69) is 5.32 Å². The highest BCUT2D eigenvalue weighted by Gasteiger charge is 2.14. The van der Waals surface area contributed by atoms with Gasteiger partial charge in [-0.05, 0) is 24.3 Å². The third-order valence-corrected chi connectivity index (χ3v) is 2.53. The third kappa shape index (κ3) is 3.33. The molecular weight excluding hydrogens is 270 g/mol. The number of anilines is 1. The molecule has 0 aliphatic heterocycles. The van der Waals surface area contributed by atoms with Gasteiger partial charge in [-0.25, -0.2) is 13.6 Å². The van der Waals surface area contributed by atoms with Gasteiger partial charge in [-0.3, -0.25) is 0 Å². The molecule has 7 heteroatoms. The topological polar surface area (TPSA) is 74.5 Å². The molecule has 0 bridgehead atoms. The first-order valence-electron chi connectivity index (χ1n) is 5.78. The van der Waals surface area contributed by atoms with Gasteiger partial charge in [-0.15, -0.1) is 0 Å². The molecule has 1 unspecified atom stereocenters. The summed E-state index contributed by atoms with van der Waals surface area (Å²) in [5.41, 5.74) is -0.544. The second kappa shape index (κ2) is 6.16. The Bertz CT molecular complexity index is 567. The van der Waals surface area contributed by atoms with Crippen molar-refractivity contribution in [1.82, 2.24) is 5.32 Å². The zero-order valence-electron chi connectivity index (χ0n) is 10.3. The molecule has 0 aliphatic carbocycles. The van der Waals surface area contributed by atoms with Gasteiger partial charge in [0.1, 0.15) is 29.2 Å². The number of carbonyl (C=O) groups is 1. The van der Waals surface area contributed by atoms with Crippen LogP contribution in [0.4, 0.5) is 19.3 Å². The van der Waals surface area contributed by atoms with E-state index in [1.807, 2.05) is 5.32 Å². The van der Waals surface area contributed by atoms with Crippen molar-refractivity contribution in [3.05, 3.63) is 54.0 Å². The number of amides is 2. The van der Waals surface area contributed by atoms with Gasteiger partial charge in [-0.1, -0.05) is 6.07 Å². The molecule has 1 atom stereocenters. The van der Waals surface area contributed by atoms with Crippen molar-refractivity contribution in [1.29, 1.82) is 0 Å². The molecule has 0 spiro atoms. The number of rotatable bonds is 4. The van der Waals surface area contributed by atoms with E-state index < -0.39 is 29.5 Å². The van der Waals surface area contributed by atoms with E-state index in [-0.39, 0.29) is 12.3 Å². The Labute approximate surface area is 113 Å². The molecule has 3 N–H and O–H groups in total. The molecule has 0 radical (unpaired) electrons. The van der Waals surface area contributed by atoms with Gasteiger partial charge in [0.15, 0.2) is 0 Å². The summed E-state index contributed by atoms with van der Waals surface area (Å²) in [6.07, 6.45) is 0.342. The van der Waals surface area contributed by atoms with Crippen molar-refractivity contribution >= 4 is 11.7 Å². The van der Waals surface area contributed by atoms with Crippen molar-refractivity contribution in [3.63, 3.8) is 0 Å². The second-order valence-corrected chi connectivity index (χ2v) is 3.96. The molecule has 1 heterocycles. The highest BCUT2D eigenvalue weighted by atomic mass is 19.1. The summed E-state index contributed by atoms with van der Waals surface area (Å²) >= 11 is 0. The average Bonchev–Trinajstić information content (AvgIpc) is 2.94. The Kier molecular flexibility index (Phi) is 4.31. The van der Waals surface area contributed by atoms with Crippen LogP contribution in [-0.4, -0.2) is 17.7 Å². The number of urea groups is 1. The summed E-state index contributed by atoms with van der Waals surface area (Å²) in [7, 11) is 0. The Morgan fingerprint density at radius 2 is 1.95 bits per heavy atom.